The normalized spacial score (nSPS) is 24.7. The van der Waals surface area contributed by atoms with Gasteiger partial charge in [-0.15, -0.1) is 0 Å². The number of amides is 3. The van der Waals surface area contributed by atoms with Gasteiger partial charge in [-0.2, -0.15) is 0 Å². The third-order valence-electron chi connectivity index (χ3n) is 4.14. The Labute approximate surface area is 152 Å². The van der Waals surface area contributed by atoms with Crippen molar-refractivity contribution in [3.63, 3.8) is 0 Å². The molecule has 1 fully saturated rings. The summed E-state index contributed by atoms with van der Waals surface area (Å²) in [5.74, 6) is -0.283. The van der Waals surface area contributed by atoms with Crippen molar-refractivity contribution >= 4 is 11.9 Å². The van der Waals surface area contributed by atoms with Gasteiger partial charge in [0.1, 0.15) is 18.1 Å². The number of para-hydroxylation sites is 1. The number of aliphatic hydroxyl groups is 1. The van der Waals surface area contributed by atoms with Gasteiger partial charge in [-0.05, 0) is 18.2 Å². The summed E-state index contributed by atoms with van der Waals surface area (Å²) >= 11 is 0. The quantitative estimate of drug-likeness (QED) is 0.427. The molecule has 1 aromatic rings. The predicted octanol–water partition coefficient (Wildman–Crippen LogP) is 1.12. The van der Waals surface area contributed by atoms with E-state index in [9.17, 15) is 14.7 Å². The molecule has 1 unspecified atom stereocenters. The molecule has 0 spiro atoms. The van der Waals surface area contributed by atoms with E-state index in [2.05, 4.69) is 11.9 Å². The van der Waals surface area contributed by atoms with Crippen LogP contribution in [-0.2, 0) is 14.3 Å². The minimum absolute atomic E-state index is 0.0137. The molecule has 26 heavy (non-hydrogen) atoms. The molecule has 1 aliphatic heterocycles. The summed E-state index contributed by atoms with van der Waals surface area (Å²) in [6, 6.07) is 8.56. The third kappa shape index (κ3) is 5.04. The number of carbonyl (C=O) groups is 2. The van der Waals surface area contributed by atoms with E-state index in [-0.39, 0.29) is 19.3 Å². The molecule has 1 saturated heterocycles. The van der Waals surface area contributed by atoms with Crippen molar-refractivity contribution < 1.29 is 28.9 Å². The number of ether oxygens (including phenoxy) is 3. The molecule has 2 N–H and O–H groups in total. The fourth-order valence-corrected chi connectivity index (χ4v) is 2.62. The van der Waals surface area contributed by atoms with Gasteiger partial charge in [0.2, 0.25) is 0 Å². The topological polar surface area (TPSA) is 97.3 Å². The van der Waals surface area contributed by atoms with E-state index in [1.807, 2.05) is 18.2 Å². The van der Waals surface area contributed by atoms with E-state index in [0.717, 1.165) is 6.08 Å². The van der Waals surface area contributed by atoms with Crippen molar-refractivity contribution in [2.75, 3.05) is 20.4 Å². The number of nitrogens with one attached hydrogen (secondary N) is 1. The molecule has 0 aromatic heterocycles. The van der Waals surface area contributed by atoms with Gasteiger partial charge < -0.3 is 24.2 Å². The number of rotatable bonds is 7. The van der Waals surface area contributed by atoms with Crippen LogP contribution in [0.1, 0.15) is 6.92 Å². The van der Waals surface area contributed by atoms with Gasteiger partial charge in [0.05, 0.1) is 12.7 Å². The maximum absolute atomic E-state index is 12.0. The molecule has 8 heteroatoms. The third-order valence-corrected chi connectivity index (χ3v) is 4.14. The van der Waals surface area contributed by atoms with Gasteiger partial charge in [-0.1, -0.05) is 31.7 Å². The monoisotopic (exact) mass is 364 g/mol. The van der Waals surface area contributed by atoms with Crippen molar-refractivity contribution in [3.8, 4) is 5.75 Å². The highest BCUT2D eigenvalue weighted by molar-refractivity contribution is 5.99. The smallest absolute Gasteiger partial charge is 0.326 e. The molecular weight excluding hydrogens is 340 g/mol. The molecule has 1 aliphatic rings. The molecule has 3 amide bonds. The summed E-state index contributed by atoms with van der Waals surface area (Å²) in [5.41, 5.74) is 0. The number of hydrogen-bond donors (Lipinski definition) is 2. The van der Waals surface area contributed by atoms with Crippen LogP contribution < -0.4 is 10.1 Å². The predicted molar refractivity (Wildman–Crippen MR) is 93.2 cm³/mol. The minimum Gasteiger partial charge on any atom is -0.468 e. The first kappa shape index (κ1) is 19.9. The maximum Gasteiger partial charge on any atom is 0.326 e. The van der Waals surface area contributed by atoms with Gasteiger partial charge >= 0.3 is 6.03 Å². The lowest BCUT2D eigenvalue weighted by molar-refractivity contribution is -0.116. The van der Waals surface area contributed by atoms with Crippen LogP contribution in [0.25, 0.3) is 0 Å². The Balaban J connectivity index is 1.81. The highest BCUT2D eigenvalue weighted by atomic mass is 16.7. The molecule has 0 bridgehead atoms. The molecule has 0 radical (unpaired) electrons. The standard InChI is InChI=1S/C18H24N2O6/c1-4-15(21)19-18(23)20(3)17-12(2)16(22)14(26-17)10-24-11-25-13-8-6-5-7-9-13/h4-9,12,14,16-17,22H,1,10-11H2,2-3H3,(H,19,21,23)/t12-,14-,16+,17?/m1/s1. The van der Waals surface area contributed by atoms with Crippen LogP contribution in [0, 0.1) is 5.92 Å². The molecule has 1 heterocycles. The molecule has 2 rings (SSSR count). The van der Waals surface area contributed by atoms with E-state index in [0.29, 0.717) is 5.75 Å². The molecule has 0 saturated carbocycles. The van der Waals surface area contributed by atoms with Gasteiger partial charge in [-0.3, -0.25) is 10.1 Å². The van der Waals surface area contributed by atoms with Crippen LogP contribution in [0.2, 0.25) is 0 Å². The first-order chi connectivity index (χ1) is 12.4. The lowest BCUT2D eigenvalue weighted by Crippen LogP contribution is -2.47. The number of aliphatic hydroxyl groups excluding tert-OH is 1. The summed E-state index contributed by atoms with van der Waals surface area (Å²) in [4.78, 5) is 24.5. The fourth-order valence-electron chi connectivity index (χ4n) is 2.62. The molecule has 4 atom stereocenters. The number of nitrogens with zero attached hydrogens (tertiary/aromatic N) is 1. The Hall–Kier alpha value is -2.42. The summed E-state index contributed by atoms with van der Waals surface area (Å²) in [6.45, 7) is 5.17. The lowest BCUT2D eigenvalue weighted by Gasteiger charge is -2.26. The molecule has 1 aromatic carbocycles. The first-order valence-corrected chi connectivity index (χ1v) is 8.23. The van der Waals surface area contributed by atoms with Crippen molar-refractivity contribution in [2.24, 2.45) is 5.92 Å². The van der Waals surface area contributed by atoms with E-state index < -0.39 is 30.4 Å². The van der Waals surface area contributed by atoms with Crippen LogP contribution in [0.5, 0.6) is 5.75 Å². The highest BCUT2D eigenvalue weighted by Gasteiger charge is 2.44. The molecule has 8 nitrogen and oxygen atoms in total. The van der Waals surface area contributed by atoms with Crippen LogP contribution in [0.3, 0.4) is 0 Å². The van der Waals surface area contributed by atoms with Crippen LogP contribution >= 0.6 is 0 Å². The van der Waals surface area contributed by atoms with Crippen molar-refractivity contribution in [3.05, 3.63) is 43.0 Å². The van der Waals surface area contributed by atoms with Gasteiger partial charge in [0.25, 0.3) is 5.91 Å². The number of carbonyl (C=O) groups excluding carboxylic acids is 2. The van der Waals surface area contributed by atoms with E-state index >= 15 is 0 Å². The summed E-state index contributed by atoms with van der Waals surface area (Å²) < 4.78 is 16.6. The Morgan fingerprint density at radius 2 is 2.08 bits per heavy atom. The van der Waals surface area contributed by atoms with Crippen LogP contribution in [-0.4, -0.2) is 60.8 Å². The zero-order valence-electron chi connectivity index (χ0n) is 14.8. The van der Waals surface area contributed by atoms with E-state index in [4.69, 9.17) is 14.2 Å². The second kappa shape index (κ2) is 9.33. The summed E-state index contributed by atoms with van der Waals surface area (Å²) in [6.07, 6.45) is -1.11. The van der Waals surface area contributed by atoms with E-state index in [1.54, 1.807) is 19.1 Å². The van der Waals surface area contributed by atoms with Gasteiger partial charge in [0.15, 0.2) is 6.79 Å². The molecular formula is C18H24N2O6. The SMILES string of the molecule is C=CC(=O)NC(=O)N(C)C1O[C@H](COCOc2ccccc2)[C@@H](O)[C@H]1C. The number of benzene rings is 1. The molecule has 0 aliphatic carbocycles. The minimum atomic E-state index is -0.818. The highest BCUT2D eigenvalue weighted by Crippen LogP contribution is 2.29. The summed E-state index contributed by atoms with van der Waals surface area (Å²) in [7, 11) is 1.49. The van der Waals surface area contributed by atoms with Crippen LogP contribution in [0.15, 0.2) is 43.0 Å². The second-order valence-electron chi connectivity index (χ2n) is 5.97. The number of urea groups is 1. The Morgan fingerprint density at radius 3 is 2.73 bits per heavy atom. The average molecular weight is 364 g/mol. The number of hydrogen-bond acceptors (Lipinski definition) is 6. The van der Waals surface area contributed by atoms with Crippen LogP contribution in [0.4, 0.5) is 4.79 Å². The van der Waals surface area contributed by atoms with Crippen molar-refractivity contribution in [1.29, 1.82) is 0 Å². The molecule has 142 valence electrons. The maximum atomic E-state index is 12.0. The zero-order valence-corrected chi connectivity index (χ0v) is 14.8. The summed E-state index contributed by atoms with van der Waals surface area (Å²) in [5, 5.41) is 12.5. The number of imide groups is 1. The van der Waals surface area contributed by atoms with Crippen molar-refractivity contribution in [2.45, 2.75) is 25.4 Å². The fraction of sp³-hybridized carbons (Fsp3) is 0.444. The largest absolute Gasteiger partial charge is 0.468 e. The van der Waals surface area contributed by atoms with Crippen molar-refractivity contribution in [1.82, 2.24) is 10.2 Å². The van der Waals surface area contributed by atoms with E-state index in [1.165, 1.54) is 11.9 Å². The lowest BCUT2D eigenvalue weighted by atomic mass is 10.0. The Kier molecular flexibility index (Phi) is 7.14. The average Bonchev–Trinajstić information content (AvgIpc) is 2.93. The zero-order chi connectivity index (χ0) is 19.1. The first-order valence-electron chi connectivity index (χ1n) is 8.23. The Bertz CT molecular complexity index is 623. The van der Waals surface area contributed by atoms with Gasteiger partial charge in [0, 0.05) is 13.0 Å². The Morgan fingerprint density at radius 1 is 1.38 bits per heavy atom. The second-order valence-corrected chi connectivity index (χ2v) is 5.97. The van der Waals surface area contributed by atoms with Gasteiger partial charge in [-0.25, -0.2) is 4.79 Å².